The highest BCUT2D eigenvalue weighted by Gasteiger charge is 2.49. The summed E-state index contributed by atoms with van der Waals surface area (Å²) < 4.78 is 10.4. The van der Waals surface area contributed by atoms with Gasteiger partial charge in [0.2, 0.25) is 0 Å². The Morgan fingerprint density at radius 2 is 1.92 bits per heavy atom. The molecule has 6 atom stereocenters. The molecule has 0 radical (unpaired) electrons. The predicted molar refractivity (Wildman–Crippen MR) is 78.6 cm³/mol. The minimum Gasteiger partial charge on any atom is -0.463 e. The Balaban J connectivity index is 2.37. The number of hydrogen-bond donors (Lipinski definition) is 6. The minimum atomic E-state index is -1.61. The molecule has 6 N–H and O–H groups in total. The van der Waals surface area contributed by atoms with Gasteiger partial charge in [-0.3, -0.25) is 0 Å². The van der Waals surface area contributed by atoms with E-state index in [0.29, 0.717) is 0 Å². The number of nitrogens with one attached hydrogen (secondary N) is 2. The van der Waals surface area contributed by atoms with Crippen LogP contribution in [0.2, 0.25) is 0 Å². The molecule has 10 heteroatoms. The van der Waals surface area contributed by atoms with E-state index in [-0.39, 0.29) is 17.9 Å². The Kier molecular flexibility index (Phi) is 5.78. The first-order chi connectivity index (χ1) is 11.3. The molecule has 2 aliphatic rings. The molecule has 2 rings (SSSR count). The molecule has 2 aliphatic heterocycles. The van der Waals surface area contributed by atoms with Gasteiger partial charge in [-0.2, -0.15) is 0 Å². The summed E-state index contributed by atoms with van der Waals surface area (Å²) in [5.41, 5.74) is 0.250. The Hall–Kier alpha value is -1.72. The second-order valence-corrected chi connectivity index (χ2v) is 5.63. The smallest absolute Gasteiger partial charge is 0.337 e. The summed E-state index contributed by atoms with van der Waals surface area (Å²) in [6, 6.07) is -1.74. The first kappa shape index (κ1) is 18.6. The number of aliphatic hydroxyl groups excluding tert-OH is 4. The van der Waals surface area contributed by atoms with Crippen molar-refractivity contribution in [3.63, 3.8) is 0 Å². The highest BCUT2D eigenvalue weighted by molar-refractivity contribution is 5.94. The van der Waals surface area contributed by atoms with Gasteiger partial charge in [0, 0.05) is 5.70 Å². The number of carbonyl (C=O) groups is 2. The number of carbonyl (C=O) groups excluding carboxylic acids is 2. The van der Waals surface area contributed by atoms with Crippen LogP contribution in [0.4, 0.5) is 4.79 Å². The average Bonchev–Trinajstić information content (AvgIpc) is 2.52. The van der Waals surface area contributed by atoms with Crippen LogP contribution in [0.5, 0.6) is 0 Å². The van der Waals surface area contributed by atoms with E-state index in [1.54, 1.807) is 6.92 Å². The molecular formula is C14H22N2O8. The van der Waals surface area contributed by atoms with E-state index >= 15 is 0 Å². The molecule has 0 aliphatic carbocycles. The molecule has 0 bridgehead atoms. The topological polar surface area (TPSA) is 158 Å². The zero-order chi connectivity index (χ0) is 18.0. The summed E-state index contributed by atoms with van der Waals surface area (Å²) in [5, 5.41) is 44.1. The Bertz CT molecular complexity index is 535. The van der Waals surface area contributed by atoms with E-state index in [4.69, 9.17) is 9.47 Å². The van der Waals surface area contributed by atoms with Gasteiger partial charge in [0.15, 0.2) is 0 Å². The maximum absolute atomic E-state index is 12.2. The number of rotatable bonds is 4. The van der Waals surface area contributed by atoms with Crippen molar-refractivity contribution in [2.24, 2.45) is 0 Å². The standard InChI is InChI=1S/C14H22N2O8/c1-3-23-13(21)7-5(2)15-14(22)16-8(7)12-11(20)10(19)9(18)6(4-17)24-12/h6,8-12,17-20H,3-4H2,1-2H3,(H2,15,16,22)/t6-,8-,9-,10+,11+,12+/m1/s1. The molecular weight excluding hydrogens is 324 g/mol. The molecule has 0 unspecified atom stereocenters. The summed E-state index contributed by atoms with van der Waals surface area (Å²) in [4.78, 5) is 24.0. The van der Waals surface area contributed by atoms with Crippen LogP contribution in [0.15, 0.2) is 11.3 Å². The molecule has 136 valence electrons. The number of urea groups is 1. The quantitative estimate of drug-likeness (QED) is 0.301. The molecule has 10 nitrogen and oxygen atoms in total. The number of ether oxygens (including phenoxy) is 2. The molecule has 0 aromatic rings. The first-order valence-electron chi connectivity index (χ1n) is 7.57. The second-order valence-electron chi connectivity index (χ2n) is 5.63. The Morgan fingerprint density at radius 3 is 2.50 bits per heavy atom. The van der Waals surface area contributed by atoms with Gasteiger partial charge in [-0.25, -0.2) is 9.59 Å². The summed E-state index contributed by atoms with van der Waals surface area (Å²) in [7, 11) is 0. The van der Waals surface area contributed by atoms with Crippen molar-refractivity contribution in [3.05, 3.63) is 11.3 Å². The summed E-state index contributed by atoms with van der Waals surface area (Å²) >= 11 is 0. The lowest BCUT2D eigenvalue weighted by molar-refractivity contribution is -0.233. The van der Waals surface area contributed by atoms with E-state index in [9.17, 15) is 30.0 Å². The normalized spacial score (nSPS) is 36.8. The van der Waals surface area contributed by atoms with Crippen LogP contribution in [0.3, 0.4) is 0 Å². The van der Waals surface area contributed by atoms with E-state index in [1.165, 1.54) is 6.92 Å². The van der Waals surface area contributed by atoms with Crippen molar-refractivity contribution in [2.45, 2.75) is 50.4 Å². The molecule has 0 aromatic carbocycles. The largest absolute Gasteiger partial charge is 0.463 e. The summed E-state index contributed by atoms with van der Waals surface area (Å²) in [6.07, 6.45) is -7.15. The van der Waals surface area contributed by atoms with Gasteiger partial charge in [0.25, 0.3) is 0 Å². The Labute approximate surface area is 138 Å². The number of esters is 1. The molecule has 1 saturated heterocycles. The second kappa shape index (κ2) is 7.45. The highest BCUT2D eigenvalue weighted by Crippen LogP contribution is 2.28. The number of amides is 2. The number of aliphatic hydroxyl groups is 4. The lowest BCUT2D eigenvalue weighted by Crippen LogP contribution is -2.66. The van der Waals surface area contributed by atoms with Gasteiger partial charge in [0.1, 0.15) is 30.5 Å². The Morgan fingerprint density at radius 1 is 1.25 bits per heavy atom. The van der Waals surface area contributed by atoms with Crippen LogP contribution >= 0.6 is 0 Å². The van der Waals surface area contributed by atoms with Crippen molar-refractivity contribution in [2.75, 3.05) is 13.2 Å². The van der Waals surface area contributed by atoms with E-state index in [2.05, 4.69) is 10.6 Å². The number of allylic oxidation sites excluding steroid dienone is 1. The predicted octanol–water partition coefficient (Wildman–Crippen LogP) is -2.65. The third-order valence-corrected chi connectivity index (χ3v) is 4.06. The van der Waals surface area contributed by atoms with Gasteiger partial charge < -0.3 is 40.5 Å². The zero-order valence-corrected chi connectivity index (χ0v) is 13.3. The molecule has 24 heavy (non-hydrogen) atoms. The van der Waals surface area contributed by atoms with Gasteiger partial charge in [0.05, 0.1) is 24.8 Å². The van der Waals surface area contributed by atoms with Gasteiger partial charge in [-0.15, -0.1) is 0 Å². The van der Waals surface area contributed by atoms with Crippen molar-refractivity contribution >= 4 is 12.0 Å². The summed E-state index contributed by atoms with van der Waals surface area (Å²) in [6.45, 7) is 2.59. The monoisotopic (exact) mass is 346 g/mol. The van der Waals surface area contributed by atoms with Gasteiger partial charge in [-0.05, 0) is 13.8 Å². The molecule has 0 saturated carbocycles. The van der Waals surface area contributed by atoms with E-state index in [1.807, 2.05) is 0 Å². The molecule has 0 spiro atoms. The summed E-state index contributed by atoms with van der Waals surface area (Å²) in [5.74, 6) is -0.718. The third-order valence-electron chi connectivity index (χ3n) is 4.06. The average molecular weight is 346 g/mol. The maximum atomic E-state index is 12.2. The minimum absolute atomic E-state index is 0.0285. The molecule has 1 fully saturated rings. The fourth-order valence-corrected chi connectivity index (χ4v) is 2.86. The fourth-order valence-electron chi connectivity index (χ4n) is 2.86. The lowest BCUT2D eigenvalue weighted by Gasteiger charge is -2.44. The van der Waals surface area contributed by atoms with Crippen LogP contribution < -0.4 is 10.6 Å². The van der Waals surface area contributed by atoms with E-state index < -0.39 is 55.2 Å². The molecule has 2 amide bonds. The van der Waals surface area contributed by atoms with Crippen molar-refractivity contribution in [1.82, 2.24) is 10.6 Å². The van der Waals surface area contributed by atoms with Crippen molar-refractivity contribution < 1.29 is 39.5 Å². The fraction of sp³-hybridized carbons (Fsp3) is 0.714. The van der Waals surface area contributed by atoms with Crippen LogP contribution in [0, 0.1) is 0 Å². The maximum Gasteiger partial charge on any atom is 0.337 e. The van der Waals surface area contributed by atoms with Crippen LogP contribution in [0.1, 0.15) is 13.8 Å². The lowest BCUT2D eigenvalue weighted by atomic mass is 9.87. The third kappa shape index (κ3) is 3.37. The van der Waals surface area contributed by atoms with Gasteiger partial charge >= 0.3 is 12.0 Å². The van der Waals surface area contributed by atoms with Crippen LogP contribution in [-0.4, -0.2) is 82.2 Å². The van der Waals surface area contributed by atoms with Crippen LogP contribution in [-0.2, 0) is 14.3 Å². The van der Waals surface area contributed by atoms with E-state index in [0.717, 1.165) is 0 Å². The molecule has 0 aromatic heterocycles. The van der Waals surface area contributed by atoms with Gasteiger partial charge in [-0.1, -0.05) is 0 Å². The van der Waals surface area contributed by atoms with Crippen molar-refractivity contribution in [1.29, 1.82) is 0 Å². The molecule has 2 heterocycles. The first-order valence-corrected chi connectivity index (χ1v) is 7.57. The zero-order valence-electron chi connectivity index (χ0n) is 13.3. The van der Waals surface area contributed by atoms with Crippen LogP contribution in [0.25, 0.3) is 0 Å². The SMILES string of the molecule is CCOC(=O)C1=C(C)NC(=O)N[C@H]1[C@@H]1O[C@H](CO)[C@@H](O)[C@H](O)[C@@H]1O. The highest BCUT2D eigenvalue weighted by atomic mass is 16.5. The number of hydrogen-bond acceptors (Lipinski definition) is 8. The van der Waals surface area contributed by atoms with Crippen molar-refractivity contribution in [3.8, 4) is 0 Å².